The van der Waals surface area contributed by atoms with Crippen molar-refractivity contribution < 1.29 is 23.8 Å². The Morgan fingerprint density at radius 2 is 1.92 bits per heavy atom. The Bertz CT molecular complexity index is 680. The van der Waals surface area contributed by atoms with Crippen molar-refractivity contribution in [1.29, 1.82) is 0 Å². The molecule has 1 N–H and O–H groups in total. The lowest BCUT2D eigenvalue weighted by molar-refractivity contribution is -0.162. The number of halogens is 1. The van der Waals surface area contributed by atoms with Crippen molar-refractivity contribution in [2.24, 2.45) is 5.92 Å². The Hall–Kier alpha value is -2.37. The number of hydrogen-bond acceptors (Lipinski definition) is 3. The first-order valence-electron chi connectivity index (χ1n) is 8.62. The molecule has 25 heavy (non-hydrogen) atoms. The van der Waals surface area contributed by atoms with Crippen LogP contribution < -0.4 is 4.74 Å². The van der Waals surface area contributed by atoms with Crippen LogP contribution in [0.5, 0.6) is 5.75 Å². The fourth-order valence-corrected chi connectivity index (χ4v) is 3.46. The van der Waals surface area contributed by atoms with Gasteiger partial charge in [-0.2, -0.15) is 0 Å². The lowest BCUT2D eigenvalue weighted by Gasteiger charge is -2.40. The number of hydrogen-bond donors (Lipinski definition) is 1. The first-order chi connectivity index (χ1) is 12.0. The van der Waals surface area contributed by atoms with Gasteiger partial charge < -0.3 is 14.7 Å². The summed E-state index contributed by atoms with van der Waals surface area (Å²) in [4.78, 5) is 26.1. The number of amides is 1. The highest BCUT2D eigenvalue weighted by molar-refractivity contribution is 5.81. The molecule has 0 radical (unpaired) electrons. The molecule has 134 valence electrons. The standard InChI is InChI=1S/C19H22FNO4/c20-15-8-4-5-9-16(15)25-19(18(23)24)10-12-21(13-11-19)17(22)14-6-2-1-3-7-14/h1-2,4-5,8-9,14H,3,6-7,10-13H2,(H,23,24)/t14-/m0/s1. The zero-order valence-electron chi connectivity index (χ0n) is 14.0. The molecule has 1 aliphatic heterocycles. The van der Waals surface area contributed by atoms with Crippen molar-refractivity contribution >= 4 is 11.9 Å². The van der Waals surface area contributed by atoms with Gasteiger partial charge in [-0.15, -0.1) is 0 Å². The van der Waals surface area contributed by atoms with Crippen LogP contribution in [0.15, 0.2) is 36.4 Å². The maximum absolute atomic E-state index is 13.8. The van der Waals surface area contributed by atoms with Crippen LogP contribution >= 0.6 is 0 Å². The van der Waals surface area contributed by atoms with E-state index < -0.39 is 17.4 Å². The van der Waals surface area contributed by atoms with Gasteiger partial charge in [0.25, 0.3) is 0 Å². The predicted molar refractivity (Wildman–Crippen MR) is 89.7 cm³/mol. The van der Waals surface area contributed by atoms with E-state index >= 15 is 0 Å². The molecule has 3 rings (SSSR count). The molecule has 0 unspecified atom stereocenters. The average molecular weight is 347 g/mol. The van der Waals surface area contributed by atoms with Crippen LogP contribution in [0.2, 0.25) is 0 Å². The average Bonchev–Trinajstić information content (AvgIpc) is 2.64. The van der Waals surface area contributed by atoms with E-state index in [-0.39, 0.29) is 30.4 Å². The van der Waals surface area contributed by atoms with Gasteiger partial charge in [0.05, 0.1) is 0 Å². The summed E-state index contributed by atoms with van der Waals surface area (Å²) in [6.07, 6.45) is 6.87. The van der Waals surface area contributed by atoms with E-state index in [1.165, 1.54) is 18.2 Å². The number of benzene rings is 1. The molecule has 0 saturated carbocycles. The number of rotatable bonds is 4. The number of carbonyl (C=O) groups is 2. The maximum atomic E-state index is 13.8. The summed E-state index contributed by atoms with van der Waals surface area (Å²) in [6, 6.07) is 5.78. The number of carboxylic acid groups (broad SMARTS) is 1. The van der Waals surface area contributed by atoms with Crippen molar-refractivity contribution in [2.45, 2.75) is 37.7 Å². The molecule has 1 heterocycles. The zero-order valence-corrected chi connectivity index (χ0v) is 14.0. The number of likely N-dealkylation sites (tertiary alicyclic amines) is 1. The summed E-state index contributed by atoms with van der Waals surface area (Å²) < 4.78 is 19.4. The van der Waals surface area contributed by atoms with E-state index in [2.05, 4.69) is 6.08 Å². The minimum atomic E-state index is -1.49. The van der Waals surface area contributed by atoms with Gasteiger partial charge in [0, 0.05) is 31.8 Å². The van der Waals surface area contributed by atoms with E-state index in [0.29, 0.717) is 13.1 Å². The summed E-state index contributed by atoms with van der Waals surface area (Å²) in [7, 11) is 0. The molecule has 5 nitrogen and oxygen atoms in total. The van der Waals surface area contributed by atoms with Gasteiger partial charge in [-0.3, -0.25) is 4.79 Å². The lowest BCUT2D eigenvalue weighted by atomic mass is 9.88. The number of para-hydroxylation sites is 1. The largest absolute Gasteiger partial charge is 0.478 e. The fourth-order valence-electron chi connectivity index (χ4n) is 3.46. The molecule has 1 aliphatic carbocycles. The Balaban J connectivity index is 1.68. The predicted octanol–water partition coefficient (Wildman–Crippen LogP) is 3.01. The molecule has 1 saturated heterocycles. The maximum Gasteiger partial charge on any atom is 0.348 e. The summed E-state index contributed by atoms with van der Waals surface area (Å²) in [5, 5.41) is 9.65. The summed E-state index contributed by atoms with van der Waals surface area (Å²) in [6.45, 7) is 0.611. The molecule has 1 fully saturated rings. The molecule has 6 heteroatoms. The Kier molecular flexibility index (Phi) is 5.06. The normalized spacial score (nSPS) is 22.4. The van der Waals surface area contributed by atoms with Crippen LogP contribution in [0.4, 0.5) is 4.39 Å². The molecular formula is C19H22FNO4. The molecule has 2 aliphatic rings. The topological polar surface area (TPSA) is 66.8 Å². The number of carboxylic acids is 1. The van der Waals surface area contributed by atoms with Gasteiger partial charge in [0.1, 0.15) is 0 Å². The molecule has 1 amide bonds. The number of ether oxygens (including phenoxy) is 1. The molecular weight excluding hydrogens is 325 g/mol. The van der Waals surface area contributed by atoms with Gasteiger partial charge in [0.15, 0.2) is 11.6 Å². The molecule has 0 bridgehead atoms. The summed E-state index contributed by atoms with van der Waals surface area (Å²) >= 11 is 0. The highest BCUT2D eigenvalue weighted by Crippen LogP contribution is 2.32. The second kappa shape index (κ2) is 7.25. The molecule has 1 aromatic rings. The molecule has 1 atom stereocenters. The quantitative estimate of drug-likeness (QED) is 0.850. The Labute approximate surface area is 146 Å². The third kappa shape index (κ3) is 3.67. The van der Waals surface area contributed by atoms with E-state index in [0.717, 1.165) is 19.3 Å². The SMILES string of the molecule is O=C([C@H]1CC=CCC1)N1CCC(Oc2ccccc2F)(C(=O)O)CC1. The van der Waals surface area contributed by atoms with E-state index in [4.69, 9.17) is 4.74 Å². The Morgan fingerprint density at radius 1 is 1.20 bits per heavy atom. The number of allylic oxidation sites excluding steroid dienone is 2. The highest BCUT2D eigenvalue weighted by Gasteiger charge is 2.45. The minimum absolute atomic E-state index is 0.0187. The van der Waals surface area contributed by atoms with Gasteiger partial charge in [-0.05, 0) is 31.4 Å². The van der Waals surface area contributed by atoms with Crippen molar-refractivity contribution in [1.82, 2.24) is 4.90 Å². The highest BCUT2D eigenvalue weighted by atomic mass is 19.1. The number of nitrogens with zero attached hydrogens (tertiary/aromatic N) is 1. The van der Waals surface area contributed by atoms with Crippen LogP contribution in [0.1, 0.15) is 32.1 Å². The van der Waals surface area contributed by atoms with Gasteiger partial charge in [0.2, 0.25) is 11.5 Å². The van der Waals surface area contributed by atoms with E-state index in [1.54, 1.807) is 11.0 Å². The van der Waals surface area contributed by atoms with E-state index in [9.17, 15) is 19.1 Å². The minimum Gasteiger partial charge on any atom is -0.478 e. The van der Waals surface area contributed by atoms with Crippen molar-refractivity contribution in [3.05, 3.63) is 42.2 Å². The monoisotopic (exact) mass is 347 g/mol. The van der Waals surface area contributed by atoms with Crippen LogP contribution in [0.3, 0.4) is 0 Å². The van der Waals surface area contributed by atoms with Gasteiger partial charge in [-0.25, -0.2) is 9.18 Å². The summed E-state index contributed by atoms with van der Waals surface area (Å²) in [5.74, 6) is -1.72. The smallest absolute Gasteiger partial charge is 0.348 e. The van der Waals surface area contributed by atoms with Crippen LogP contribution in [0.25, 0.3) is 0 Å². The number of carbonyl (C=O) groups excluding carboxylic acids is 1. The second-order valence-corrected chi connectivity index (χ2v) is 6.64. The molecule has 0 aromatic heterocycles. The van der Waals surface area contributed by atoms with Gasteiger partial charge >= 0.3 is 5.97 Å². The van der Waals surface area contributed by atoms with Crippen molar-refractivity contribution in [3.8, 4) is 5.75 Å². The fraction of sp³-hybridized carbons (Fsp3) is 0.474. The van der Waals surface area contributed by atoms with E-state index in [1.807, 2.05) is 6.08 Å². The number of aliphatic carboxylic acids is 1. The number of piperidine rings is 1. The van der Waals surface area contributed by atoms with Gasteiger partial charge in [-0.1, -0.05) is 24.3 Å². The third-order valence-electron chi connectivity index (χ3n) is 5.03. The first-order valence-corrected chi connectivity index (χ1v) is 8.62. The third-order valence-corrected chi connectivity index (χ3v) is 5.03. The van der Waals surface area contributed by atoms with Crippen LogP contribution in [0, 0.1) is 11.7 Å². The van der Waals surface area contributed by atoms with Crippen molar-refractivity contribution in [2.75, 3.05) is 13.1 Å². The summed E-state index contributed by atoms with van der Waals surface area (Å²) in [5.41, 5.74) is -1.49. The molecule has 1 aromatic carbocycles. The van der Waals surface area contributed by atoms with Crippen LogP contribution in [-0.2, 0) is 9.59 Å². The zero-order chi connectivity index (χ0) is 17.9. The first kappa shape index (κ1) is 17.5. The molecule has 0 spiro atoms. The van der Waals surface area contributed by atoms with Crippen LogP contribution in [-0.4, -0.2) is 40.6 Å². The van der Waals surface area contributed by atoms with Crippen molar-refractivity contribution in [3.63, 3.8) is 0 Å². The lowest BCUT2D eigenvalue weighted by Crippen LogP contribution is -2.55. The Morgan fingerprint density at radius 3 is 2.52 bits per heavy atom. The second-order valence-electron chi connectivity index (χ2n) is 6.64.